The predicted molar refractivity (Wildman–Crippen MR) is 101 cm³/mol. The summed E-state index contributed by atoms with van der Waals surface area (Å²) in [5.74, 6) is 1.61. The van der Waals surface area contributed by atoms with Crippen molar-refractivity contribution in [1.82, 2.24) is 9.88 Å². The fraction of sp³-hybridized carbons (Fsp3) is 0.368. The van der Waals surface area contributed by atoms with Crippen LogP contribution in [0.4, 0.5) is 0 Å². The van der Waals surface area contributed by atoms with Crippen LogP contribution in [0.25, 0.3) is 11.1 Å². The molecule has 0 fully saturated rings. The topological polar surface area (TPSA) is 70.5 Å². The second kappa shape index (κ2) is 7.36. The zero-order valence-corrected chi connectivity index (χ0v) is 16.1. The first-order valence-electron chi connectivity index (χ1n) is 8.21. The largest absolute Gasteiger partial charge is 0.493 e. The van der Waals surface area contributed by atoms with Gasteiger partial charge in [-0.05, 0) is 30.3 Å². The van der Waals surface area contributed by atoms with E-state index in [1.807, 2.05) is 12.1 Å². The number of H-pyrrole nitrogens is 1. The molecular weight excluding hydrogens is 350 g/mol. The summed E-state index contributed by atoms with van der Waals surface area (Å²) in [5, 5.41) is 9.74. The lowest BCUT2D eigenvalue weighted by Crippen LogP contribution is -2.28. The zero-order chi connectivity index (χ0) is 18.8. The molecule has 26 heavy (non-hydrogen) atoms. The number of ether oxygens (including phenoxy) is 3. The highest BCUT2D eigenvalue weighted by atomic mass is 32.1. The van der Waals surface area contributed by atoms with Gasteiger partial charge in [0, 0.05) is 30.8 Å². The number of nitrogens with one attached hydrogen (secondary N) is 1. The molecule has 0 atom stereocenters. The molecule has 3 rings (SSSR count). The number of methoxy groups -OCH3 is 3. The number of hydrogen-bond acceptors (Lipinski definition) is 6. The Kier molecular flexibility index (Phi) is 5.16. The monoisotopic (exact) mass is 371 g/mol. The van der Waals surface area contributed by atoms with Gasteiger partial charge in [0.25, 0.3) is 0 Å². The van der Waals surface area contributed by atoms with Gasteiger partial charge in [0.2, 0.25) is 5.75 Å². The molecule has 0 radical (unpaired) electrons. The molecule has 0 unspecified atom stereocenters. The van der Waals surface area contributed by atoms with Gasteiger partial charge in [0.1, 0.15) is 10.7 Å². The van der Waals surface area contributed by atoms with Crippen molar-refractivity contribution >= 4 is 12.2 Å². The Morgan fingerprint density at radius 2 is 1.81 bits per heavy atom. The third-order valence-corrected chi connectivity index (χ3v) is 4.95. The summed E-state index contributed by atoms with van der Waals surface area (Å²) in [6.45, 7) is 1.68. The molecule has 7 heteroatoms. The number of benzene rings is 1. The van der Waals surface area contributed by atoms with Crippen LogP contribution in [-0.4, -0.2) is 44.8 Å². The molecule has 0 aliphatic carbocycles. The second-order valence-corrected chi connectivity index (χ2v) is 6.58. The molecule has 136 valence electrons. The summed E-state index contributed by atoms with van der Waals surface area (Å²) in [6.07, 6.45) is 0.860. The van der Waals surface area contributed by atoms with Gasteiger partial charge >= 0.3 is 0 Å². The van der Waals surface area contributed by atoms with E-state index in [9.17, 15) is 5.26 Å². The van der Waals surface area contributed by atoms with E-state index in [0.717, 1.165) is 41.9 Å². The third kappa shape index (κ3) is 3.02. The maximum Gasteiger partial charge on any atom is 0.203 e. The van der Waals surface area contributed by atoms with Crippen molar-refractivity contribution in [2.45, 2.75) is 13.0 Å². The van der Waals surface area contributed by atoms with E-state index in [1.54, 1.807) is 21.3 Å². The molecule has 0 bridgehead atoms. The quantitative estimate of drug-likeness (QED) is 0.832. The Hall–Kier alpha value is -2.56. The van der Waals surface area contributed by atoms with Gasteiger partial charge in [-0.25, -0.2) is 0 Å². The first-order valence-corrected chi connectivity index (χ1v) is 8.61. The highest BCUT2D eigenvalue weighted by molar-refractivity contribution is 7.71. The molecule has 1 aliphatic heterocycles. The number of hydrogen-bond donors (Lipinski definition) is 1. The lowest BCUT2D eigenvalue weighted by atomic mass is 9.91. The lowest BCUT2D eigenvalue weighted by Gasteiger charge is -2.28. The summed E-state index contributed by atoms with van der Waals surface area (Å²) in [5.41, 5.74) is 4.28. The summed E-state index contributed by atoms with van der Waals surface area (Å²) in [7, 11) is 6.78. The lowest BCUT2D eigenvalue weighted by molar-refractivity contribution is 0.310. The highest BCUT2D eigenvalue weighted by Gasteiger charge is 2.24. The number of aromatic amines is 1. The van der Waals surface area contributed by atoms with Crippen LogP contribution in [0.2, 0.25) is 0 Å². The van der Waals surface area contributed by atoms with E-state index < -0.39 is 0 Å². The number of rotatable bonds is 4. The standard InChI is InChI=1S/C19H21N3O3S/c1-22-6-5-14-13(10-22)17(12(9-20)19(26)21-14)11-7-15(23-2)18(25-4)16(8-11)24-3/h7-8H,5-6,10H2,1-4H3,(H,21,26). The number of pyridine rings is 1. The number of nitrogens with zero attached hydrogens (tertiary/aromatic N) is 2. The molecule has 1 aromatic carbocycles. The van der Waals surface area contributed by atoms with Crippen LogP contribution >= 0.6 is 12.2 Å². The fourth-order valence-corrected chi connectivity index (χ4v) is 3.65. The van der Waals surface area contributed by atoms with Crippen molar-refractivity contribution < 1.29 is 14.2 Å². The fourth-order valence-electron chi connectivity index (χ4n) is 3.38. The summed E-state index contributed by atoms with van der Waals surface area (Å²) >= 11 is 5.45. The molecular formula is C19H21N3O3S. The maximum atomic E-state index is 9.74. The maximum absolute atomic E-state index is 9.74. The number of likely N-dealkylation sites (N-methyl/N-ethyl adjacent to an activating group) is 1. The van der Waals surface area contributed by atoms with E-state index in [4.69, 9.17) is 26.4 Å². The molecule has 1 aliphatic rings. The minimum atomic E-state index is 0.458. The molecule has 2 heterocycles. The van der Waals surface area contributed by atoms with Crippen molar-refractivity contribution in [2.24, 2.45) is 0 Å². The molecule has 0 spiro atoms. The van der Waals surface area contributed by atoms with Crippen molar-refractivity contribution in [3.05, 3.63) is 33.6 Å². The molecule has 6 nitrogen and oxygen atoms in total. The third-order valence-electron chi connectivity index (χ3n) is 4.64. The highest BCUT2D eigenvalue weighted by Crippen LogP contribution is 2.43. The van der Waals surface area contributed by atoms with Gasteiger partial charge in [-0.2, -0.15) is 5.26 Å². The van der Waals surface area contributed by atoms with E-state index in [0.29, 0.717) is 27.5 Å². The first kappa shape index (κ1) is 18.2. The van der Waals surface area contributed by atoms with Crippen molar-refractivity contribution in [3.63, 3.8) is 0 Å². The van der Waals surface area contributed by atoms with E-state index >= 15 is 0 Å². The van der Waals surface area contributed by atoms with Crippen LogP contribution in [0.3, 0.4) is 0 Å². The molecule has 1 N–H and O–H groups in total. The molecule has 0 saturated carbocycles. The molecule has 0 saturated heterocycles. The predicted octanol–water partition coefficient (Wildman–Crippen LogP) is 3.30. The molecule has 2 aromatic rings. The van der Waals surface area contributed by atoms with Gasteiger partial charge in [-0.3, -0.25) is 0 Å². The van der Waals surface area contributed by atoms with E-state index in [1.165, 1.54) is 0 Å². The molecule has 0 amide bonds. The van der Waals surface area contributed by atoms with Crippen LogP contribution in [0.1, 0.15) is 16.8 Å². The average Bonchev–Trinajstić information content (AvgIpc) is 2.65. The average molecular weight is 371 g/mol. The Morgan fingerprint density at radius 3 is 2.35 bits per heavy atom. The molecule has 1 aromatic heterocycles. The zero-order valence-electron chi connectivity index (χ0n) is 15.3. The van der Waals surface area contributed by atoms with Crippen LogP contribution in [0.15, 0.2) is 12.1 Å². The van der Waals surface area contributed by atoms with Gasteiger partial charge in [-0.15, -0.1) is 0 Å². The summed E-state index contributed by atoms with van der Waals surface area (Å²) < 4.78 is 16.8. The van der Waals surface area contributed by atoms with Crippen LogP contribution in [0.5, 0.6) is 17.2 Å². The second-order valence-electron chi connectivity index (χ2n) is 6.17. The summed E-state index contributed by atoms with van der Waals surface area (Å²) in [4.78, 5) is 5.46. The van der Waals surface area contributed by atoms with Gasteiger partial charge < -0.3 is 24.1 Å². The van der Waals surface area contributed by atoms with Crippen LogP contribution in [0, 0.1) is 16.0 Å². The Labute approximate surface area is 157 Å². The van der Waals surface area contributed by atoms with Crippen molar-refractivity contribution in [2.75, 3.05) is 34.9 Å². The Bertz CT molecular complexity index is 921. The van der Waals surface area contributed by atoms with Crippen molar-refractivity contribution in [1.29, 1.82) is 5.26 Å². The van der Waals surface area contributed by atoms with Gasteiger partial charge in [0.15, 0.2) is 11.5 Å². The van der Waals surface area contributed by atoms with Crippen molar-refractivity contribution in [3.8, 4) is 34.4 Å². The minimum absolute atomic E-state index is 0.458. The number of fused-ring (bicyclic) bond motifs is 1. The van der Waals surface area contributed by atoms with Crippen LogP contribution in [-0.2, 0) is 13.0 Å². The normalized spacial score (nSPS) is 13.7. The Balaban J connectivity index is 2.35. The van der Waals surface area contributed by atoms with Gasteiger partial charge in [0.05, 0.1) is 26.9 Å². The van der Waals surface area contributed by atoms with E-state index in [2.05, 4.69) is 23.0 Å². The number of nitriles is 1. The minimum Gasteiger partial charge on any atom is -0.493 e. The smallest absolute Gasteiger partial charge is 0.203 e. The Morgan fingerprint density at radius 1 is 1.15 bits per heavy atom. The van der Waals surface area contributed by atoms with Crippen LogP contribution < -0.4 is 14.2 Å². The summed E-state index contributed by atoms with van der Waals surface area (Å²) in [6, 6.07) is 5.99. The van der Waals surface area contributed by atoms with E-state index in [-0.39, 0.29) is 0 Å². The SMILES string of the molecule is COc1cc(-c2c3c([nH]c(=S)c2C#N)CCN(C)C3)cc(OC)c1OC. The van der Waals surface area contributed by atoms with Gasteiger partial charge in [-0.1, -0.05) is 12.2 Å². The first-order chi connectivity index (χ1) is 12.5. The number of aromatic nitrogens is 1.